The minimum Gasteiger partial charge on any atom is -0.323 e. The fourth-order valence-corrected chi connectivity index (χ4v) is 2.35. The van der Waals surface area contributed by atoms with Crippen LogP contribution in [0.2, 0.25) is 0 Å². The number of amides is 2. The number of hydrogen-bond donors (Lipinski definition) is 1. The summed E-state index contributed by atoms with van der Waals surface area (Å²) in [5.41, 5.74) is 0.00313. The van der Waals surface area contributed by atoms with Crippen molar-refractivity contribution in [3.8, 4) is 0 Å². The zero-order valence-electron chi connectivity index (χ0n) is 11.7. The number of benzene rings is 1. The number of hydrogen-bond acceptors (Lipinski definition) is 2. The van der Waals surface area contributed by atoms with E-state index in [0.717, 1.165) is 25.0 Å². The van der Waals surface area contributed by atoms with Crippen molar-refractivity contribution in [2.45, 2.75) is 18.9 Å². The molecule has 1 aliphatic heterocycles. The molecule has 2 amide bonds. The van der Waals surface area contributed by atoms with Gasteiger partial charge >= 0.3 is 6.03 Å². The van der Waals surface area contributed by atoms with Crippen LogP contribution in [-0.4, -0.2) is 49.1 Å². The molecule has 1 fully saturated rings. The van der Waals surface area contributed by atoms with E-state index in [2.05, 4.69) is 10.2 Å². The van der Waals surface area contributed by atoms with Gasteiger partial charge in [-0.25, -0.2) is 13.6 Å². The number of piperidine rings is 1. The summed E-state index contributed by atoms with van der Waals surface area (Å²) in [7, 11) is 3.96. The summed E-state index contributed by atoms with van der Waals surface area (Å²) in [6, 6.07) is 3.08. The maximum Gasteiger partial charge on any atom is 0.321 e. The van der Waals surface area contributed by atoms with E-state index in [-0.39, 0.29) is 11.7 Å². The van der Waals surface area contributed by atoms with Gasteiger partial charge in [0.2, 0.25) is 0 Å². The molecule has 1 unspecified atom stereocenters. The van der Waals surface area contributed by atoms with Gasteiger partial charge < -0.3 is 15.1 Å². The molecule has 1 N–H and O–H groups in total. The number of urea groups is 1. The van der Waals surface area contributed by atoms with Gasteiger partial charge in [0.25, 0.3) is 0 Å². The molecule has 4 nitrogen and oxygen atoms in total. The van der Waals surface area contributed by atoms with Gasteiger partial charge in [-0.15, -0.1) is 0 Å². The summed E-state index contributed by atoms with van der Waals surface area (Å²) < 4.78 is 26.3. The average Bonchev–Trinajstić information content (AvgIpc) is 2.42. The van der Waals surface area contributed by atoms with Gasteiger partial charge in [-0.2, -0.15) is 0 Å². The highest BCUT2D eigenvalue weighted by Crippen LogP contribution is 2.18. The number of nitrogens with one attached hydrogen (secondary N) is 1. The van der Waals surface area contributed by atoms with Crippen molar-refractivity contribution < 1.29 is 13.6 Å². The minimum atomic E-state index is -0.764. The van der Waals surface area contributed by atoms with Crippen LogP contribution < -0.4 is 5.32 Å². The Bertz CT molecular complexity index is 493. The monoisotopic (exact) mass is 283 g/mol. The van der Waals surface area contributed by atoms with E-state index < -0.39 is 11.6 Å². The molecular weight excluding hydrogens is 264 g/mol. The molecule has 1 atom stereocenters. The molecule has 1 aromatic carbocycles. The molecule has 0 saturated carbocycles. The molecule has 0 aliphatic carbocycles. The van der Waals surface area contributed by atoms with Crippen LogP contribution in [0.4, 0.5) is 19.3 Å². The molecule has 20 heavy (non-hydrogen) atoms. The lowest BCUT2D eigenvalue weighted by Gasteiger charge is -2.36. The van der Waals surface area contributed by atoms with Gasteiger partial charge in [-0.1, -0.05) is 0 Å². The Hall–Kier alpha value is -1.69. The van der Waals surface area contributed by atoms with Crippen molar-refractivity contribution in [3.63, 3.8) is 0 Å². The second-order valence-electron chi connectivity index (χ2n) is 5.26. The Kier molecular flexibility index (Phi) is 4.54. The topological polar surface area (TPSA) is 35.6 Å². The summed E-state index contributed by atoms with van der Waals surface area (Å²) in [6.07, 6.45) is 1.96. The number of likely N-dealkylation sites (tertiary alicyclic amines) is 1. The summed E-state index contributed by atoms with van der Waals surface area (Å²) >= 11 is 0. The van der Waals surface area contributed by atoms with Gasteiger partial charge in [-0.3, -0.25) is 0 Å². The van der Waals surface area contributed by atoms with Crippen LogP contribution in [0.3, 0.4) is 0 Å². The summed E-state index contributed by atoms with van der Waals surface area (Å²) in [6.45, 7) is 1.26. The molecule has 0 bridgehead atoms. The van der Waals surface area contributed by atoms with Crippen LogP contribution in [0.5, 0.6) is 0 Å². The van der Waals surface area contributed by atoms with Crippen molar-refractivity contribution in [2.24, 2.45) is 0 Å². The number of carbonyl (C=O) groups is 1. The maximum atomic E-state index is 13.5. The van der Waals surface area contributed by atoms with Crippen LogP contribution in [0.25, 0.3) is 0 Å². The van der Waals surface area contributed by atoms with Gasteiger partial charge in [0.15, 0.2) is 0 Å². The number of anilines is 1. The van der Waals surface area contributed by atoms with Gasteiger partial charge in [0.05, 0.1) is 5.69 Å². The molecule has 0 spiro atoms. The van der Waals surface area contributed by atoms with Crippen molar-refractivity contribution in [1.82, 2.24) is 9.80 Å². The minimum absolute atomic E-state index is 0.00313. The summed E-state index contributed by atoms with van der Waals surface area (Å²) in [5.74, 6) is -1.43. The van der Waals surface area contributed by atoms with Crippen LogP contribution in [0, 0.1) is 11.6 Å². The zero-order chi connectivity index (χ0) is 14.7. The number of halogens is 2. The normalized spacial score (nSPS) is 19.2. The summed E-state index contributed by atoms with van der Waals surface area (Å²) in [4.78, 5) is 15.9. The van der Waals surface area contributed by atoms with Crippen LogP contribution >= 0.6 is 0 Å². The van der Waals surface area contributed by atoms with Crippen molar-refractivity contribution in [2.75, 3.05) is 32.5 Å². The predicted octanol–water partition coefficient (Wildman–Crippen LogP) is 2.52. The van der Waals surface area contributed by atoms with E-state index in [4.69, 9.17) is 0 Å². The fourth-order valence-electron chi connectivity index (χ4n) is 2.35. The standard InChI is InChI=1S/C14H19F2N3O/c1-18(2)11-4-3-7-19(9-11)14(20)17-13-6-5-10(15)8-12(13)16/h5-6,8,11H,3-4,7,9H2,1-2H3,(H,17,20). The first kappa shape index (κ1) is 14.7. The molecule has 0 radical (unpaired) electrons. The average molecular weight is 283 g/mol. The van der Waals surface area contributed by atoms with E-state index in [1.165, 1.54) is 6.07 Å². The van der Waals surface area contributed by atoms with E-state index in [1.54, 1.807) is 4.90 Å². The van der Waals surface area contributed by atoms with E-state index in [0.29, 0.717) is 19.1 Å². The predicted molar refractivity (Wildman–Crippen MR) is 73.7 cm³/mol. The molecule has 1 aliphatic rings. The quantitative estimate of drug-likeness (QED) is 0.905. The third-order valence-electron chi connectivity index (χ3n) is 3.59. The Labute approximate surface area is 117 Å². The zero-order valence-corrected chi connectivity index (χ0v) is 11.7. The van der Waals surface area contributed by atoms with Gasteiger partial charge in [-0.05, 0) is 39.1 Å². The van der Waals surface area contributed by atoms with Crippen molar-refractivity contribution >= 4 is 11.7 Å². The van der Waals surface area contributed by atoms with Crippen molar-refractivity contribution in [3.05, 3.63) is 29.8 Å². The molecule has 110 valence electrons. The molecule has 2 rings (SSSR count). The lowest BCUT2D eigenvalue weighted by Crippen LogP contribution is -2.48. The molecule has 0 aromatic heterocycles. The largest absolute Gasteiger partial charge is 0.323 e. The Morgan fingerprint density at radius 2 is 2.15 bits per heavy atom. The second kappa shape index (κ2) is 6.17. The van der Waals surface area contributed by atoms with Gasteiger partial charge in [0, 0.05) is 25.2 Å². The SMILES string of the molecule is CN(C)C1CCCN(C(=O)Nc2ccc(F)cc2F)C1. The first-order valence-corrected chi connectivity index (χ1v) is 6.65. The van der Waals surface area contributed by atoms with E-state index in [9.17, 15) is 13.6 Å². The van der Waals surface area contributed by atoms with Crippen molar-refractivity contribution in [1.29, 1.82) is 0 Å². The molecule has 1 heterocycles. The first-order valence-electron chi connectivity index (χ1n) is 6.65. The Morgan fingerprint density at radius 3 is 2.80 bits per heavy atom. The molecular formula is C14H19F2N3O. The third-order valence-corrected chi connectivity index (χ3v) is 3.59. The maximum absolute atomic E-state index is 13.5. The molecule has 1 saturated heterocycles. The highest BCUT2D eigenvalue weighted by Gasteiger charge is 2.25. The number of likely N-dealkylation sites (N-methyl/N-ethyl adjacent to an activating group) is 1. The fraction of sp³-hybridized carbons (Fsp3) is 0.500. The highest BCUT2D eigenvalue weighted by atomic mass is 19.1. The Balaban J connectivity index is 2.00. The molecule has 1 aromatic rings. The molecule has 6 heteroatoms. The number of nitrogens with zero attached hydrogens (tertiary/aromatic N) is 2. The van der Waals surface area contributed by atoms with Crippen LogP contribution in [0.15, 0.2) is 18.2 Å². The first-order chi connectivity index (χ1) is 9.47. The van der Waals surface area contributed by atoms with E-state index >= 15 is 0 Å². The third kappa shape index (κ3) is 3.45. The Morgan fingerprint density at radius 1 is 1.40 bits per heavy atom. The highest BCUT2D eigenvalue weighted by molar-refractivity contribution is 5.89. The number of carbonyl (C=O) groups excluding carboxylic acids is 1. The van der Waals surface area contributed by atoms with Gasteiger partial charge in [0.1, 0.15) is 11.6 Å². The lowest BCUT2D eigenvalue weighted by molar-refractivity contribution is 0.148. The van der Waals surface area contributed by atoms with Crippen LogP contribution in [-0.2, 0) is 0 Å². The second-order valence-corrected chi connectivity index (χ2v) is 5.26. The van der Waals surface area contributed by atoms with E-state index in [1.807, 2.05) is 14.1 Å². The van der Waals surface area contributed by atoms with Crippen LogP contribution in [0.1, 0.15) is 12.8 Å². The summed E-state index contributed by atoms with van der Waals surface area (Å²) in [5, 5.41) is 2.49. The number of rotatable bonds is 2. The lowest BCUT2D eigenvalue weighted by atomic mass is 10.1. The smallest absolute Gasteiger partial charge is 0.321 e.